The third-order valence-corrected chi connectivity index (χ3v) is 3.68. The Hall–Kier alpha value is -1.53. The van der Waals surface area contributed by atoms with E-state index in [2.05, 4.69) is 43.2 Å². The molecule has 3 heteroatoms. The third kappa shape index (κ3) is 6.58. The maximum atomic E-state index is 11.3. The topological polar surface area (TPSA) is 26.3 Å². The predicted molar refractivity (Wildman–Crippen MR) is 86.1 cm³/mol. The molecule has 20 heavy (non-hydrogen) atoms. The summed E-state index contributed by atoms with van der Waals surface area (Å²) in [4.78, 5) is 11.3. The zero-order chi connectivity index (χ0) is 15.2. The van der Waals surface area contributed by atoms with E-state index in [-0.39, 0.29) is 5.97 Å². The first-order valence-electron chi connectivity index (χ1n) is 6.98. The van der Waals surface area contributed by atoms with Crippen LogP contribution in [0.5, 0.6) is 0 Å². The molecule has 0 aliphatic heterocycles. The monoisotopic (exact) mass is 288 g/mol. The minimum atomic E-state index is -1.48. The highest BCUT2D eigenvalue weighted by Gasteiger charge is 2.25. The van der Waals surface area contributed by atoms with Crippen LogP contribution in [0.3, 0.4) is 0 Å². The molecule has 0 aromatic heterocycles. The number of carbonyl (C=O) groups excluding carboxylic acids is 1. The van der Waals surface area contributed by atoms with E-state index in [1.54, 1.807) is 0 Å². The van der Waals surface area contributed by atoms with Crippen LogP contribution in [0.4, 0.5) is 0 Å². The molecule has 0 heterocycles. The molecule has 1 aromatic rings. The Bertz CT molecular complexity index is 505. The molecule has 2 nitrogen and oxygen atoms in total. The van der Waals surface area contributed by atoms with Crippen LogP contribution < -0.4 is 0 Å². The fraction of sp³-hybridized carbons (Fsp3) is 0.471. The lowest BCUT2D eigenvalue weighted by Gasteiger charge is -2.24. The molecular formula is C17H24O2Si. The zero-order valence-corrected chi connectivity index (χ0v) is 14.1. The van der Waals surface area contributed by atoms with Crippen LogP contribution in [0.25, 0.3) is 0 Å². The number of benzene rings is 1. The van der Waals surface area contributed by atoms with Gasteiger partial charge in [0, 0.05) is 13.3 Å². The van der Waals surface area contributed by atoms with E-state index in [9.17, 15) is 4.79 Å². The molecule has 0 N–H and O–H groups in total. The van der Waals surface area contributed by atoms with Crippen molar-refractivity contribution in [1.82, 2.24) is 0 Å². The van der Waals surface area contributed by atoms with Gasteiger partial charge in [-0.05, 0) is 18.9 Å². The molecule has 0 amide bonds. The fourth-order valence-corrected chi connectivity index (χ4v) is 2.44. The molecule has 1 atom stereocenters. The van der Waals surface area contributed by atoms with Gasteiger partial charge >= 0.3 is 5.97 Å². The van der Waals surface area contributed by atoms with E-state index < -0.39 is 13.7 Å². The summed E-state index contributed by atoms with van der Waals surface area (Å²) in [5.74, 6) is 2.93. The van der Waals surface area contributed by atoms with Gasteiger partial charge in [0.15, 0.2) is 5.60 Å². The highest BCUT2D eigenvalue weighted by Crippen LogP contribution is 2.19. The van der Waals surface area contributed by atoms with Gasteiger partial charge in [0.05, 0.1) is 0 Å². The normalized spacial score (nSPS) is 13.8. The smallest absolute Gasteiger partial charge is 0.304 e. The minimum absolute atomic E-state index is 0.273. The summed E-state index contributed by atoms with van der Waals surface area (Å²) in [7, 11) is -1.48. The highest BCUT2D eigenvalue weighted by molar-refractivity contribution is 6.83. The van der Waals surface area contributed by atoms with Crippen molar-refractivity contribution in [3.05, 3.63) is 35.9 Å². The number of esters is 1. The molecule has 0 fully saturated rings. The first kappa shape index (κ1) is 16.5. The summed E-state index contributed by atoms with van der Waals surface area (Å²) in [6, 6.07) is 10.2. The van der Waals surface area contributed by atoms with Gasteiger partial charge in [-0.1, -0.05) is 55.9 Å². The summed E-state index contributed by atoms with van der Waals surface area (Å²) in [5.41, 5.74) is 3.86. The maximum Gasteiger partial charge on any atom is 0.304 e. The molecular weight excluding hydrogens is 264 g/mol. The Morgan fingerprint density at radius 2 is 1.85 bits per heavy atom. The zero-order valence-electron chi connectivity index (χ0n) is 13.1. The van der Waals surface area contributed by atoms with E-state index in [1.165, 1.54) is 12.5 Å². The van der Waals surface area contributed by atoms with Crippen molar-refractivity contribution in [3.63, 3.8) is 0 Å². The van der Waals surface area contributed by atoms with E-state index in [4.69, 9.17) is 4.74 Å². The number of ether oxygens (including phenoxy) is 1. The molecule has 0 aliphatic rings. The van der Waals surface area contributed by atoms with E-state index in [0.717, 1.165) is 6.42 Å². The Labute approximate surface area is 123 Å². The van der Waals surface area contributed by atoms with Crippen molar-refractivity contribution in [2.24, 2.45) is 0 Å². The lowest BCUT2D eigenvalue weighted by molar-refractivity contribution is -0.150. The lowest BCUT2D eigenvalue weighted by Crippen LogP contribution is -2.31. The van der Waals surface area contributed by atoms with Crippen LogP contribution in [0, 0.1) is 11.5 Å². The van der Waals surface area contributed by atoms with Gasteiger partial charge in [0.1, 0.15) is 8.07 Å². The standard InChI is InChI=1S/C17H24O2Si/c1-15(18)19-17(2,13-14-20(3,4)5)12-11-16-9-7-6-8-10-16/h6-10H,11-12H2,1-5H3. The largest absolute Gasteiger partial charge is 0.446 e. The first-order valence-corrected chi connectivity index (χ1v) is 10.5. The van der Waals surface area contributed by atoms with E-state index in [0.29, 0.717) is 6.42 Å². The fourth-order valence-electron chi connectivity index (χ4n) is 1.80. The van der Waals surface area contributed by atoms with Gasteiger partial charge < -0.3 is 4.74 Å². The molecule has 1 unspecified atom stereocenters. The minimum Gasteiger partial charge on any atom is -0.446 e. The molecule has 1 rings (SSSR count). The Balaban J connectivity index is 2.82. The van der Waals surface area contributed by atoms with Gasteiger partial charge in [-0.15, -0.1) is 5.54 Å². The second-order valence-corrected chi connectivity index (χ2v) is 11.1. The van der Waals surface area contributed by atoms with Gasteiger partial charge in [0.25, 0.3) is 0 Å². The summed E-state index contributed by atoms with van der Waals surface area (Å²) in [6.45, 7) is 9.91. The van der Waals surface area contributed by atoms with Crippen LogP contribution in [0.15, 0.2) is 30.3 Å². The molecule has 0 saturated carbocycles. The number of hydrogen-bond acceptors (Lipinski definition) is 2. The van der Waals surface area contributed by atoms with Crippen LogP contribution in [0.1, 0.15) is 25.8 Å². The second kappa shape index (κ2) is 6.76. The number of aryl methyl sites for hydroxylation is 1. The van der Waals surface area contributed by atoms with Crippen LogP contribution in [-0.2, 0) is 16.0 Å². The number of hydrogen-bond donors (Lipinski definition) is 0. The Kier molecular flexibility index (Phi) is 5.59. The van der Waals surface area contributed by atoms with Crippen molar-refractivity contribution in [2.45, 2.75) is 51.9 Å². The lowest BCUT2D eigenvalue weighted by atomic mass is 9.97. The van der Waals surface area contributed by atoms with Crippen LogP contribution in [-0.4, -0.2) is 19.6 Å². The average molecular weight is 288 g/mol. The molecule has 0 aliphatic carbocycles. The predicted octanol–water partition coefficient (Wildman–Crippen LogP) is 3.82. The van der Waals surface area contributed by atoms with Crippen molar-refractivity contribution >= 4 is 14.0 Å². The van der Waals surface area contributed by atoms with Crippen molar-refractivity contribution in [2.75, 3.05) is 0 Å². The van der Waals surface area contributed by atoms with Gasteiger partial charge in [-0.3, -0.25) is 4.79 Å². The molecule has 0 radical (unpaired) electrons. The number of carbonyl (C=O) groups is 1. The van der Waals surface area contributed by atoms with Crippen molar-refractivity contribution in [3.8, 4) is 11.5 Å². The van der Waals surface area contributed by atoms with Crippen LogP contribution in [0.2, 0.25) is 19.6 Å². The molecule has 1 aromatic carbocycles. The molecule has 108 valence electrons. The summed E-state index contributed by atoms with van der Waals surface area (Å²) in [6.07, 6.45) is 1.57. The van der Waals surface area contributed by atoms with E-state index in [1.807, 2.05) is 25.1 Å². The van der Waals surface area contributed by atoms with Gasteiger partial charge in [0.2, 0.25) is 0 Å². The maximum absolute atomic E-state index is 11.3. The first-order chi connectivity index (χ1) is 9.20. The Morgan fingerprint density at radius 1 is 1.25 bits per heavy atom. The summed E-state index contributed by atoms with van der Waals surface area (Å²) in [5, 5.41) is 0. The summed E-state index contributed by atoms with van der Waals surface area (Å²) < 4.78 is 5.46. The van der Waals surface area contributed by atoms with Gasteiger partial charge in [-0.2, -0.15) is 0 Å². The highest BCUT2D eigenvalue weighted by atomic mass is 28.3. The quantitative estimate of drug-likeness (QED) is 0.478. The number of rotatable bonds is 4. The summed E-state index contributed by atoms with van der Waals surface area (Å²) >= 11 is 0. The average Bonchev–Trinajstić information content (AvgIpc) is 2.34. The van der Waals surface area contributed by atoms with Crippen LogP contribution >= 0.6 is 0 Å². The SMILES string of the molecule is CC(=O)OC(C)(C#C[Si](C)(C)C)CCc1ccccc1. The van der Waals surface area contributed by atoms with Crippen molar-refractivity contribution < 1.29 is 9.53 Å². The van der Waals surface area contributed by atoms with Gasteiger partial charge in [-0.25, -0.2) is 0 Å². The molecule has 0 spiro atoms. The third-order valence-electron chi connectivity index (χ3n) is 2.80. The molecule has 0 bridgehead atoms. The van der Waals surface area contributed by atoms with Crippen molar-refractivity contribution in [1.29, 1.82) is 0 Å². The second-order valence-electron chi connectivity index (χ2n) is 6.31. The molecule has 0 saturated heterocycles. The Morgan fingerprint density at radius 3 is 2.35 bits per heavy atom. The van der Waals surface area contributed by atoms with E-state index >= 15 is 0 Å².